The van der Waals surface area contributed by atoms with Gasteiger partial charge in [-0.1, -0.05) is 18.2 Å². The molecule has 0 aliphatic carbocycles. The maximum Gasteiger partial charge on any atom is 0.277 e. The fourth-order valence-electron chi connectivity index (χ4n) is 3.16. The van der Waals surface area contributed by atoms with Gasteiger partial charge in [-0.05, 0) is 18.2 Å². The van der Waals surface area contributed by atoms with Crippen molar-refractivity contribution in [3.63, 3.8) is 0 Å². The third-order valence-electron chi connectivity index (χ3n) is 4.54. The minimum Gasteiger partial charge on any atom is -0.497 e. The molecule has 2 heterocycles. The number of aromatic nitrogens is 1. The second-order valence-corrected chi connectivity index (χ2v) is 6.12. The van der Waals surface area contributed by atoms with Crippen LogP contribution in [0.1, 0.15) is 11.1 Å². The minimum absolute atomic E-state index is 0.0626. The van der Waals surface area contributed by atoms with E-state index in [1.807, 2.05) is 24.3 Å². The van der Waals surface area contributed by atoms with Crippen LogP contribution < -0.4 is 14.8 Å². The highest BCUT2D eigenvalue weighted by Crippen LogP contribution is 2.31. The van der Waals surface area contributed by atoms with Crippen molar-refractivity contribution in [1.82, 2.24) is 10.3 Å². The zero-order valence-electron chi connectivity index (χ0n) is 15.3. The van der Waals surface area contributed by atoms with E-state index in [0.29, 0.717) is 22.6 Å². The van der Waals surface area contributed by atoms with E-state index in [4.69, 9.17) is 9.47 Å². The van der Waals surface area contributed by atoms with Crippen LogP contribution in [0.15, 0.2) is 59.4 Å². The Morgan fingerprint density at radius 2 is 1.82 bits per heavy atom. The molecule has 3 aromatic rings. The van der Waals surface area contributed by atoms with Crippen LogP contribution in [0.4, 0.5) is 0 Å². The summed E-state index contributed by atoms with van der Waals surface area (Å²) in [6.45, 7) is 0. The van der Waals surface area contributed by atoms with E-state index in [2.05, 4.69) is 15.3 Å². The molecular formula is C21H17N3O4. The molecule has 2 N–H and O–H groups in total. The molecule has 0 saturated carbocycles. The van der Waals surface area contributed by atoms with Gasteiger partial charge in [0.1, 0.15) is 17.2 Å². The molecule has 0 atom stereocenters. The zero-order chi connectivity index (χ0) is 19.7. The number of aliphatic imine (C=N–C) groups is 1. The van der Waals surface area contributed by atoms with Crippen LogP contribution in [-0.2, 0) is 9.59 Å². The van der Waals surface area contributed by atoms with Crippen LogP contribution in [0.25, 0.3) is 16.5 Å². The van der Waals surface area contributed by atoms with Crippen molar-refractivity contribution in [3.05, 3.63) is 65.5 Å². The van der Waals surface area contributed by atoms with Gasteiger partial charge in [0, 0.05) is 40.5 Å². The third-order valence-corrected chi connectivity index (χ3v) is 4.54. The highest BCUT2D eigenvalue weighted by molar-refractivity contribution is 6.37. The van der Waals surface area contributed by atoms with Gasteiger partial charge >= 0.3 is 0 Å². The van der Waals surface area contributed by atoms with E-state index in [9.17, 15) is 9.59 Å². The van der Waals surface area contributed by atoms with Crippen molar-refractivity contribution in [2.45, 2.75) is 0 Å². The Kier molecular flexibility index (Phi) is 4.41. The number of carbonyl (C=O) groups is 2. The first-order chi connectivity index (χ1) is 13.6. The molecule has 0 spiro atoms. The lowest BCUT2D eigenvalue weighted by Crippen LogP contribution is -2.22. The average molecular weight is 375 g/mol. The van der Waals surface area contributed by atoms with Crippen molar-refractivity contribution in [2.75, 3.05) is 14.2 Å². The van der Waals surface area contributed by atoms with Gasteiger partial charge in [0.2, 0.25) is 0 Å². The highest BCUT2D eigenvalue weighted by Gasteiger charge is 2.32. The Hall–Kier alpha value is -3.87. The number of nitrogens with zero attached hydrogens (tertiary/aromatic N) is 1. The number of methoxy groups -OCH3 is 2. The van der Waals surface area contributed by atoms with Crippen LogP contribution >= 0.6 is 0 Å². The fourth-order valence-corrected chi connectivity index (χ4v) is 3.16. The molecule has 2 aromatic carbocycles. The fraction of sp³-hybridized carbons (Fsp3) is 0.0952. The molecule has 7 heteroatoms. The van der Waals surface area contributed by atoms with Crippen LogP contribution in [0.3, 0.4) is 0 Å². The largest absolute Gasteiger partial charge is 0.497 e. The standard InChI is InChI=1S/C21H17N3O4/c1-27-13-8-7-12(17(9-13)28-2)10-23-19-18(20(25)24-21(19)26)15-11-22-16-6-4-3-5-14(15)16/h3-11,22H,1-2H3,(H,24,25,26). The van der Waals surface area contributed by atoms with Crippen LogP contribution in [0, 0.1) is 0 Å². The molecule has 0 unspecified atom stereocenters. The molecule has 7 nitrogen and oxygen atoms in total. The summed E-state index contributed by atoms with van der Waals surface area (Å²) in [5, 5.41) is 3.17. The number of hydrogen-bond acceptors (Lipinski definition) is 5. The van der Waals surface area contributed by atoms with Crippen molar-refractivity contribution in [1.29, 1.82) is 0 Å². The zero-order valence-corrected chi connectivity index (χ0v) is 15.3. The predicted molar refractivity (Wildman–Crippen MR) is 106 cm³/mol. The molecule has 140 valence electrons. The third kappa shape index (κ3) is 2.92. The van der Waals surface area contributed by atoms with E-state index < -0.39 is 11.8 Å². The Morgan fingerprint density at radius 3 is 2.61 bits per heavy atom. The number of amides is 2. The maximum atomic E-state index is 12.4. The molecule has 0 saturated heterocycles. The van der Waals surface area contributed by atoms with E-state index in [1.54, 1.807) is 31.5 Å². The van der Waals surface area contributed by atoms with Gasteiger partial charge in [-0.25, -0.2) is 4.99 Å². The van der Waals surface area contributed by atoms with Gasteiger partial charge in [0.05, 0.1) is 19.8 Å². The summed E-state index contributed by atoms with van der Waals surface area (Å²) in [6.07, 6.45) is 3.21. The highest BCUT2D eigenvalue weighted by atomic mass is 16.5. The van der Waals surface area contributed by atoms with Crippen LogP contribution in [0.5, 0.6) is 11.5 Å². The number of ether oxygens (including phenoxy) is 2. The lowest BCUT2D eigenvalue weighted by molar-refractivity contribution is -0.123. The van der Waals surface area contributed by atoms with Crippen molar-refractivity contribution >= 4 is 34.5 Å². The Labute approximate surface area is 160 Å². The first-order valence-electron chi connectivity index (χ1n) is 8.55. The molecule has 2 amide bonds. The number of rotatable bonds is 5. The smallest absolute Gasteiger partial charge is 0.277 e. The van der Waals surface area contributed by atoms with Gasteiger partial charge in [-0.15, -0.1) is 0 Å². The van der Waals surface area contributed by atoms with Gasteiger partial charge in [0.15, 0.2) is 0 Å². The summed E-state index contributed by atoms with van der Waals surface area (Å²) in [5.74, 6) is 0.182. The van der Waals surface area contributed by atoms with E-state index in [1.165, 1.54) is 13.3 Å². The van der Waals surface area contributed by atoms with Crippen LogP contribution in [0.2, 0.25) is 0 Å². The first kappa shape index (κ1) is 17.5. The van der Waals surface area contributed by atoms with Crippen molar-refractivity contribution in [3.8, 4) is 11.5 Å². The Morgan fingerprint density at radius 1 is 1.00 bits per heavy atom. The summed E-state index contributed by atoms with van der Waals surface area (Å²) in [6, 6.07) is 12.8. The maximum absolute atomic E-state index is 12.4. The Bertz CT molecular complexity index is 1160. The van der Waals surface area contributed by atoms with Gasteiger partial charge in [-0.3, -0.25) is 14.9 Å². The number of carbonyl (C=O) groups excluding carboxylic acids is 2. The molecular weight excluding hydrogens is 358 g/mol. The van der Waals surface area contributed by atoms with E-state index in [-0.39, 0.29) is 11.3 Å². The van der Waals surface area contributed by atoms with Gasteiger partial charge < -0.3 is 14.5 Å². The number of nitrogens with one attached hydrogen (secondary N) is 2. The molecule has 1 aliphatic rings. The van der Waals surface area contributed by atoms with Crippen molar-refractivity contribution in [2.24, 2.45) is 4.99 Å². The summed E-state index contributed by atoms with van der Waals surface area (Å²) < 4.78 is 10.5. The number of fused-ring (bicyclic) bond motifs is 1. The molecule has 0 radical (unpaired) electrons. The molecule has 1 aromatic heterocycles. The van der Waals surface area contributed by atoms with Gasteiger partial charge in [-0.2, -0.15) is 0 Å². The SMILES string of the molecule is COc1ccc(C=NC2=C(c3c[nH]c4ccccc34)C(=O)NC2=O)c(OC)c1. The van der Waals surface area contributed by atoms with Crippen LogP contribution in [-0.4, -0.2) is 37.2 Å². The Balaban J connectivity index is 1.81. The summed E-state index contributed by atoms with van der Waals surface area (Å²) in [5.41, 5.74) is 2.46. The number of para-hydroxylation sites is 1. The average Bonchev–Trinajstić information content (AvgIpc) is 3.25. The lowest BCUT2D eigenvalue weighted by Gasteiger charge is -2.07. The monoisotopic (exact) mass is 375 g/mol. The second kappa shape index (κ2) is 7.03. The number of benzene rings is 2. The first-order valence-corrected chi connectivity index (χ1v) is 8.55. The molecule has 0 fully saturated rings. The van der Waals surface area contributed by atoms with Crippen molar-refractivity contribution < 1.29 is 19.1 Å². The quantitative estimate of drug-likeness (QED) is 0.530. The van der Waals surface area contributed by atoms with E-state index in [0.717, 1.165) is 10.9 Å². The minimum atomic E-state index is -0.533. The number of H-pyrrole nitrogens is 1. The van der Waals surface area contributed by atoms with Gasteiger partial charge in [0.25, 0.3) is 11.8 Å². The summed E-state index contributed by atoms with van der Waals surface area (Å²) in [4.78, 5) is 32.2. The number of imide groups is 1. The molecule has 0 bridgehead atoms. The predicted octanol–water partition coefficient (Wildman–Crippen LogP) is 2.67. The molecule has 4 rings (SSSR count). The molecule has 28 heavy (non-hydrogen) atoms. The number of hydrogen-bond donors (Lipinski definition) is 2. The normalized spacial score (nSPS) is 14.2. The number of aromatic amines is 1. The topological polar surface area (TPSA) is 92.8 Å². The summed E-state index contributed by atoms with van der Waals surface area (Å²) >= 11 is 0. The second-order valence-electron chi connectivity index (χ2n) is 6.12. The summed E-state index contributed by atoms with van der Waals surface area (Å²) in [7, 11) is 3.10. The molecule has 1 aliphatic heterocycles. The lowest BCUT2D eigenvalue weighted by atomic mass is 10.0. The van der Waals surface area contributed by atoms with E-state index >= 15 is 0 Å².